The summed E-state index contributed by atoms with van der Waals surface area (Å²) in [6.07, 6.45) is 1.91. The Bertz CT molecular complexity index is 115. The number of hydrogen-bond acceptors (Lipinski definition) is 3. The highest BCUT2D eigenvalue weighted by atomic mass is 127. The van der Waals surface area contributed by atoms with E-state index in [-0.39, 0.29) is 15.4 Å². The Morgan fingerprint density at radius 2 is 2.00 bits per heavy atom. The molecule has 0 rings (SSSR count). The second kappa shape index (κ2) is 7.02. The van der Waals surface area contributed by atoms with Crippen molar-refractivity contribution < 1.29 is 14.8 Å². The molecule has 0 bridgehead atoms. The number of quaternary nitrogens is 1. The molecule has 0 radical (unpaired) electrons. The maximum Gasteiger partial charge on any atom is 0.167 e. The van der Waals surface area contributed by atoms with Crippen molar-refractivity contribution in [3.05, 3.63) is 5.21 Å². The SMILES string of the molecule is CO[C@H](C)CCC(I)[NH+]([O-])OC. The summed E-state index contributed by atoms with van der Waals surface area (Å²) in [5.74, 6) is 0. The topological polar surface area (TPSA) is 46.0 Å². The first-order valence-corrected chi connectivity index (χ1v) is 5.11. The van der Waals surface area contributed by atoms with Gasteiger partial charge in [0.25, 0.3) is 0 Å². The number of alkyl halides is 1. The molecular formula is C7H16INO3. The molecule has 0 spiro atoms. The Morgan fingerprint density at radius 1 is 1.42 bits per heavy atom. The van der Waals surface area contributed by atoms with Crippen molar-refractivity contribution in [2.75, 3.05) is 14.2 Å². The van der Waals surface area contributed by atoms with Gasteiger partial charge in [-0.25, -0.2) is 10.1 Å². The highest BCUT2D eigenvalue weighted by Crippen LogP contribution is 2.06. The van der Waals surface area contributed by atoms with Crippen LogP contribution in [-0.4, -0.2) is 24.4 Å². The third-order valence-corrected chi connectivity index (χ3v) is 2.82. The van der Waals surface area contributed by atoms with Crippen molar-refractivity contribution in [2.45, 2.75) is 29.9 Å². The number of hydrogen-bond donors (Lipinski definition) is 1. The van der Waals surface area contributed by atoms with Crippen LogP contribution in [0.5, 0.6) is 0 Å². The maximum absolute atomic E-state index is 10.9. The van der Waals surface area contributed by atoms with Crippen molar-refractivity contribution in [3.63, 3.8) is 0 Å². The van der Waals surface area contributed by atoms with E-state index in [4.69, 9.17) is 4.74 Å². The number of ether oxygens (including phenoxy) is 1. The molecule has 0 fully saturated rings. The van der Waals surface area contributed by atoms with Crippen LogP contribution < -0.4 is 5.23 Å². The van der Waals surface area contributed by atoms with Gasteiger partial charge in [0.1, 0.15) is 0 Å². The monoisotopic (exact) mass is 289 g/mol. The molecule has 0 aromatic carbocycles. The number of methoxy groups -OCH3 is 1. The molecular weight excluding hydrogens is 273 g/mol. The fourth-order valence-corrected chi connectivity index (χ4v) is 1.36. The first-order valence-electron chi connectivity index (χ1n) is 3.86. The molecule has 1 N–H and O–H groups in total. The summed E-state index contributed by atoms with van der Waals surface area (Å²) in [6.45, 7) is 1.99. The van der Waals surface area contributed by atoms with E-state index in [1.165, 1.54) is 7.11 Å². The minimum Gasteiger partial charge on any atom is -0.599 e. The molecule has 0 amide bonds. The normalized spacial score (nSPS) is 18.8. The molecule has 0 saturated heterocycles. The fourth-order valence-electron chi connectivity index (χ4n) is 0.745. The molecule has 0 saturated carbocycles. The predicted octanol–water partition coefficient (Wildman–Crippen LogP) is 0.507. The Morgan fingerprint density at radius 3 is 2.42 bits per heavy atom. The van der Waals surface area contributed by atoms with E-state index in [9.17, 15) is 5.21 Å². The molecule has 12 heavy (non-hydrogen) atoms. The average Bonchev–Trinajstić information content (AvgIpc) is 2.11. The maximum atomic E-state index is 10.9. The van der Waals surface area contributed by atoms with E-state index in [1.807, 2.05) is 6.92 Å². The van der Waals surface area contributed by atoms with Gasteiger partial charge in [-0.15, -0.1) is 0 Å². The Hall–Kier alpha value is 0.570. The summed E-state index contributed by atoms with van der Waals surface area (Å²) < 4.78 is 5.01. The summed E-state index contributed by atoms with van der Waals surface area (Å²) in [5, 5.41) is 10.8. The van der Waals surface area contributed by atoms with Crippen LogP contribution in [0.1, 0.15) is 19.8 Å². The number of halogens is 1. The summed E-state index contributed by atoms with van der Waals surface area (Å²) in [7, 11) is 3.08. The molecule has 0 aliphatic carbocycles. The zero-order valence-electron chi connectivity index (χ0n) is 7.67. The number of nitrogens with one attached hydrogen (secondary N) is 1. The standard InChI is InChI=1S/C7H16INO3/c1-6(11-2)4-5-7(8)9(10)12-3/h6-7,9H,4-5H2,1-3H3/t6-,7?/m1/s1. The second-order valence-corrected chi connectivity index (χ2v) is 4.12. The van der Waals surface area contributed by atoms with Crippen LogP contribution in [0.15, 0.2) is 0 Å². The van der Waals surface area contributed by atoms with Gasteiger partial charge in [-0.05, 0) is 35.9 Å². The molecule has 0 aromatic heterocycles. The largest absolute Gasteiger partial charge is 0.599 e. The van der Waals surface area contributed by atoms with Gasteiger partial charge >= 0.3 is 0 Å². The van der Waals surface area contributed by atoms with E-state index in [1.54, 1.807) is 7.11 Å². The van der Waals surface area contributed by atoms with Crippen molar-refractivity contribution in [1.29, 1.82) is 0 Å². The third-order valence-electron chi connectivity index (χ3n) is 1.69. The van der Waals surface area contributed by atoms with Crippen LogP contribution in [0.4, 0.5) is 0 Å². The first kappa shape index (κ1) is 12.6. The van der Waals surface area contributed by atoms with Crippen LogP contribution in [-0.2, 0) is 9.57 Å². The van der Waals surface area contributed by atoms with Crippen LogP contribution in [0.2, 0.25) is 0 Å². The summed E-state index contributed by atoms with van der Waals surface area (Å²) >= 11 is 2.09. The summed E-state index contributed by atoms with van der Waals surface area (Å²) in [5.41, 5.74) is 0. The van der Waals surface area contributed by atoms with Gasteiger partial charge in [0, 0.05) is 13.5 Å². The lowest BCUT2D eigenvalue weighted by atomic mass is 10.2. The van der Waals surface area contributed by atoms with Gasteiger partial charge < -0.3 is 9.94 Å². The molecule has 0 heterocycles. The van der Waals surface area contributed by atoms with E-state index in [0.29, 0.717) is 0 Å². The lowest BCUT2D eigenvalue weighted by Crippen LogP contribution is -3.08. The van der Waals surface area contributed by atoms with E-state index in [2.05, 4.69) is 27.4 Å². The molecule has 0 aromatic rings. The molecule has 5 heteroatoms. The zero-order chi connectivity index (χ0) is 9.56. The Kier molecular flexibility index (Phi) is 7.35. The van der Waals surface area contributed by atoms with Crippen molar-refractivity contribution in [3.8, 4) is 0 Å². The first-order chi connectivity index (χ1) is 5.61. The van der Waals surface area contributed by atoms with Crippen LogP contribution in [0, 0.1) is 5.21 Å². The number of rotatable bonds is 6. The summed E-state index contributed by atoms with van der Waals surface area (Å²) in [4.78, 5) is 4.59. The fraction of sp³-hybridized carbons (Fsp3) is 1.00. The smallest absolute Gasteiger partial charge is 0.167 e. The second-order valence-electron chi connectivity index (χ2n) is 2.61. The molecule has 4 nitrogen and oxygen atoms in total. The highest BCUT2D eigenvalue weighted by molar-refractivity contribution is 14.1. The number of hydroxylamine groups is 2. The quantitative estimate of drug-likeness (QED) is 0.335. The van der Waals surface area contributed by atoms with E-state index < -0.39 is 0 Å². The van der Waals surface area contributed by atoms with Crippen LogP contribution in [0.25, 0.3) is 0 Å². The van der Waals surface area contributed by atoms with Gasteiger partial charge in [-0.1, -0.05) is 0 Å². The Balaban J connectivity index is 3.49. The van der Waals surface area contributed by atoms with E-state index >= 15 is 0 Å². The van der Waals surface area contributed by atoms with Crippen LogP contribution >= 0.6 is 22.6 Å². The molecule has 2 unspecified atom stereocenters. The molecule has 0 aliphatic heterocycles. The van der Waals surface area contributed by atoms with Gasteiger partial charge in [0.15, 0.2) is 4.05 Å². The molecule has 0 aliphatic rings. The molecule has 3 atom stereocenters. The minimum atomic E-state index is -0.154. The van der Waals surface area contributed by atoms with Crippen molar-refractivity contribution in [1.82, 2.24) is 0 Å². The van der Waals surface area contributed by atoms with Gasteiger partial charge in [-0.3, -0.25) is 0 Å². The predicted molar refractivity (Wildman–Crippen MR) is 54.9 cm³/mol. The van der Waals surface area contributed by atoms with Gasteiger partial charge in [0.2, 0.25) is 0 Å². The van der Waals surface area contributed by atoms with Gasteiger partial charge in [0.05, 0.1) is 13.2 Å². The zero-order valence-corrected chi connectivity index (χ0v) is 9.83. The summed E-state index contributed by atoms with van der Waals surface area (Å²) in [6, 6.07) is 0. The Labute approximate surface area is 86.9 Å². The minimum absolute atomic E-state index is 0.0507. The van der Waals surface area contributed by atoms with E-state index in [0.717, 1.165) is 12.8 Å². The van der Waals surface area contributed by atoms with Crippen molar-refractivity contribution >= 4 is 22.6 Å². The van der Waals surface area contributed by atoms with Gasteiger partial charge in [-0.2, -0.15) is 0 Å². The highest BCUT2D eigenvalue weighted by Gasteiger charge is 2.12. The average molecular weight is 289 g/mol. The van der Waals surface area contributed by atoms with Crippen LogP contribution in [0.3, 0.4) is 0 Å². The third kappa shape index (κ3) is 5.26. The van der Waals surface area contributed by atoms with Crippen molar-refractivity contribution in [2.24, 2.45) is 0 Å². The lowest BCUT2D eigenvalue weighted by Gasteiger charge is -2.23. The lowest BCUT2D eigenvalue weighted by molar-refractivity contribution is -1.05. The molecule has 74 valence electrons.